The predicted octanol–water partition coefficient (Wildman–Crippen LogP) is 5.87. The number of benzene rings is 1. The molecule has 0 saturated heterocycles. The van der Waals surface area contributed by atoms with Crippen LogP contribution >= 0.6 is 27.3 Å². The molecule has 0 N–H and O–H groups in total. The van der Waals surface area contributed by atoms with E-state index in [4.69, 9.17) is 4.98 Å². The van der Waals surface area contributed by atoms with Crippen LogP contribution in [-0.2, 0) is 0 Å². The van der Waals surface area contributed by atoms with Crippen LogP contribution in [0, 0.1) is 5.92 Å². The van der Waals surface area contributed by atoms with Gasteiger partial charge in [0.15, 0.2) is 0 Å². The summed E-state index contributed by atoms with van der Waals surface area (Å²) in [6.45, 7) is 2.31. The fourth-order valence-corrected chi connectivity index (χ4v) is 4.14. The minimum atomic E-state index is 0.708. The molecule has 3 heteroatoms. The third-order valence-corrected chi connectivity index (χ3v) is 5.67. The minimum Gasteiger partial charge on any atom is -0.241 e. The van der Waals surface area contributed by atoms with E-state index in [1.54, 1.807) is 0 Å². The largest absolute Gasteiger partial charge is 0.241 e. The first-order chi connectivity index (χ1) is 9.26. The van der Waals surface area contributed by atoms with Crippen LogP contribution in [0.2, 0.25) is 0 Å². The van der Waals surface area contributed by atoms with Gasteiger partial charge < -0.3 is 0 Å². The molecule has 1 fully saturated rings. The molecular formula is C16H18BrNS. The number of halogens is 1. The molecule has 1 nitrogen and oxygen atoms in total. The van der Waals surface area contributed by atoms with E-state index in [0.717, 1.165) is 16.1 Å². The molecule has 1 aromatic heterocycles. The van der Waals surface area contributed by atoms with Gasteiger partial charge >= 0.3 is 0 Å². The van der Waals surface area contributed by atoms with Crippen LogP contribution in [-0.4, -0.2) is 4.98 Å². The first-order valence-corrected chi connectivity index (χ1v) is 8.65. The van der Waals surface area contributed by atoms with Gasteiger partial charge in [0.1, 0.15) is 0 Å². The van der Waals surface area contributed by atoms with E-state index in [0.29, 0.717) is 5.92 Å². The molecule has 1 aliphatic rings. The molecule has 1 saturated carbocycles. The van der Waals surface area contributed by atoms with Crippen molar-refractivity contribution in [3.05, 3.63) is 39.1 Å². The molecule has 2 atom stereocenters. The normalized spacial score (nSPS) is 22.8. The van der Waals surface area contributed by atoms with Crippen LogP contribution in [0.5, 0.6) is 0 Å². The molecule has 1 aliphatic carbocycles. The highest BCUT2D eigenvalue weighted by Gasteiger charge is 2.26. The van der Waals surface area contributed by atoms with Crippen molar-refractivity contribution < 1.29 is 0 Å². The highest BCUT2D eigenvalue weighted by atomic mass is 79.9. The SMILES string of the molecule is CCC1CCC(c2nc(-c3ccc(Br)cc3)cs2)C1. The molecule has 1 aromatic carbocycles. The lowest BCUT2D eigenvalue weighted by atomic mass is 10.0. The first-order valence-electron chi connectivity index (χ1n) is 6.97. The van der Waals surface area contributed by atoms with Crippen LogP contribution in [0.3, 0.4) is 0 Å². The number of aromatic nitrogens is 1. The van der Waals surface area contributed by atoms with E-state index < -0.39 is 0 Å². The van der Waals surface area contributed by atoms with E-state index in [1.807, 2.05) is 11.3 Å². The Morgan fingerprint density at radius 3 is 2.74 bits per heavy atom. The van der Waals surface area contributed by atoms with E-state index in [2.05, 4.69) is 52.5 Å². The molecular weight excluding hydrogens is 318 g/mol. The second-order valence-electron chi connectivity index (χ2n) is 5.36. The molecule has 0 bridgehead atoms. The van der Waals surface area contributed by atoms with Crippen molar-refractivity contribution in [1.29, 1.82) is 0 Å². The molecule has 0 radical (unpaired) electrons. The maximum atomic E-state index is 4.86. The Balaban J connectivity index is 1.78. The Labute approximate surface area is 127 Å². The predicted molar refractivity (Wildman–Crippen MR) is 85.6 cm³/mol. The maximum absolute atomic E-state index is 4.86. The first kappa shape index (κ1) is 13.3. The lowest BCUT2D eigenvalue weighted by Gasteiger charge is -2.06. The van der Waals surface area contributed by atoms with Crippen molar-refractivity contribution in [3.8, 4) is 11.3 Å². The third kappa shape index (κ3) is 2.92. The van der Waals surface area contributed by atoms with Gasteiger partial charge in [-0.05, 0) is 37.3 Å². The van der Waals surface area contributed by atoms with Gasteiger partial charge in [0.25, 0.3) is 0 Å². The zero-order valence-electron chi connectivity index (χ0n) is 11.1. The Hall–Kier alpha value is -0.670. The number of hydrogen-bond donors (Lipinski definition) is 0. The molecule has 0 aliphatic heterocycles. The standard InChI is InChI=1S/C16H18BrNS/c1-2-11-3-4-13(9-11)16-18-15(10-19-16)12-5-7-14(17)8-6-12/h5-8,10-11,13H,2-4,9H2,1H3. The Bertz CT molecular complexity index is 546. The average molecular weight is 336 g/mol. The summed E-state index contributed by atoms with van der Waals surface area (Å²) >= 11 is 5.31. The molecule has 1 heterocycles. The minimum absolute atomic E-state index is 0.708. The van der Waals surface area contributed by atoms with Crippen LogP contribution in [0.25, 0.3) is 11.3 Å². The van der Waals surface area contributed by atoms with E-state index >= 15 is 0 Å². The smallest absolute Gasteiger partial charge is 0.0963 e. The molecule has 0 amide bonds. The fourth-order valence-electron chi connectivity index (χ4n) is 2.90. The zero-order valence-corrected chi connectivity index (χ0v) is 13.5. The number of thiazole rings is 1. The van der Waals surface area contributed by atoms with Gasteiger partial charge in [-0.15, -0.1) is 11.3 Å². The topological polar surface area (TPSA) is 12.9 Å². The van der Waals surface area contributed by atoms with Gasteiger partial charge in [0, 0.05) is 21.3 Å². The zero-order chi connectivity index (χ0) is 13.2. The summed E-state index contributed by atoms with van der Waals surface area (Å²) in [5.74, 6) is 1.63. The highest BCUT2D eigenvalue weighted by molar-refractivity contribution is 9.10. The summed E-state index contributed by atoms with van der Waals surface area (Å²) in [5.41, 5.74) is 2.35. The van der Waals surface area contributed by atoms with Crippen LogP contribution in [0.4, 0.5) is 0 Å². The van der Waals surface area contributed by atoms with E-state index in [1.165, 1.54) is 36.3 Å². The van der Waals surface area contributed by atoms with Gasteiger partial charge in [-0.3, -0.25) is 0 Å². The molecule has 19 heavy (non-hydrogen) atoms. The number of hydrogen-bond acceptors (Lipinski definition) is 2. The lowest BCUT2D eigenvalue weighted by Crippen LogP contribution is -1.94. The van der Waals surface area contributed by atoms with Gasteiger partial charge in [0.05, 0.1) is 10.7 Å². The fraction of sp³-hybridized carbons (Fsp3) is 0.438. The quantitative estimate of drug-likeness (QED) is 0.683. The van der Waals surface area contributed by atoms with Crippen LogP contribution in [0.1, 0.15) is 43.5 Å². The number of rotatable bonds is 3. The summed E-state index contributed by atoms with van der Waals surface area (Å²) in [7, 11) is 0. The molecule has 100 valence electrons. The second kappa shape index (κ2) is 5.76. The van der Waals surface area contributed by atoms with Crippen molar-refractivity contribution in [2.75, 3.05) is 0 Å². The molecule has 2 aromatic rings. The maximum Gasteiger partial charge on any atom is 0.0963 e. The summed E-state index contributed by atoms with van der Waals surface area (Å²) in [6.07, 6.45) is 5.37. The van der Waals surface area contributed by atoms with Crippen molar-refractivity contribution in [3.63, 3.8) is 0 Å². The Morgan fingerprint density at radius 2 is 2.05 bits per heavy atom. The second-order valence-corrected chi connectivity index (χ2v) is 7.17. The summed E-state index contributed by atoms with van der Waals surface area (Å²) < 4.78 is 1.12. The summed E-state index contributed by atoms with van der Waals surface area (Å²) in [6, 6.07) is 8.42. The van der Waals surface area contributed by atoms with Gasteiger partial charge in [-0.25, -0.2) is 4.98 Å². The van der Waals surface area contributed by atoms with Crippen molar-refractivity contribution in [1.82, 2.24) is 4.98 Å². The summed E-state index contributed by atoms with van der Waals surface area (Å²) in [4.78, 5) is 4.86. The van der Waals surface area contributed by atoms with E-state index in [-0.39, 0.29) is 0 Å². The molecule has 2 unspecified atom stereocenters. The molecule has 3 rings (SSSR count). The van der Waals surface area contributed by atoms with Gasteiger partial charge in [-0.1, -0.05) is 41.4 Å². The van der Waals surface area contributed by atoms with Crippen molar-refractivity contribution in [2.24, 2.45) is 5.92 Å². The van der Waals surface area contributed by atoms with Crippen molar-refractivity contribution >= 4 is 27.3 Å². The van der Waals surface area contributed by atoms with Crippen molar-refractivity contribution in [2.45, 2.75) is 38.5 Å². The highest BCUT2D eigenvalue weighted by Crippen LogP contribution is 2.41. The van der Waals surface area contributed by atoms with Gasteiger partial charge in [0.2, 0.25) is 0 Å². The Morgan fingerprint density at radius 1 is 1.26 bits per heavy atom. The summed E-state index contributed by atoms with van der Waals surface area (Å²) in [5, 5.41) is 3.55. The molecule has 0 spiro atoms. The van der Waals surface area contributed by atoms with E-state index in [9.17, 15) is 0 Å². The Kier molecular flexibility index (Phi) is 4.04. The van der Waals surface area contributed by atoms with Crippen LogP contribution < -0.4 is 0 Å². The number of nitrogens with zero attached hydrogens (tertiary/aromatic N) is 1. The third-order valence-electron chi connectivity index (χ3n) is 4.13. The van der Waals surface area contributed by atoms with Crippen LogP contribution in [0.15, 0.2) is 34.1 Å². The average Bonchev–Trinajstić information content (AvgIpc) is 3.08. The van der Waals surface area contributed by atoms with Gasteiger partial charge in [-0.2, -0.15) is 0 Å². The lowest BCUT2D eigenvalue weighted by molar-refractivity contribution is 0.521. The monoisotopic (exact) mass is 335 g/mol.